The van der Waals surface area contributed by atoms with Gasteiger partial charge in [0, 0.05) is 22.4 Å². The highest BCUT2D eigenvalue weighted by Gasteiger charge is 2.20. The largest absolute Gasteiger partial charge is 0.507 e. The van der Waals surface area contributed by atoms with Crippen LogP contribution in [0.4, 0.5) is 10.5 Å². The molecule has 0 aliphatic rings. The van der Waals surface area contributed by atoms with E-state index in [9.17, 15) is 14.7 Å². The number of aliphatic carboxylic acids is 1. The quantitative estimate of drug-likeness (QED) is 0.201. The van der Waals surface area contributed by atoms with Gasteiger partial charge in [0.2, 0.25) is 0 Å². The van der Waals surface area contributed by atoms with Crippen LogP contribution >= 0.6 is 0 Å². The molecule has 0 heterocycles. The zero-order valence-corrected chi connectivity index (χ0v) is 18.5. The van der Waals surface area contributed by atoms with Crippen molar-refractivity contribution in [3.05, 3.63) is 96.6 Å². The van der Waals surface area contributed by atoms with Crippen LogP contribution in [0.5, 0.6) is 5.75 Å². The fourth-order valence-corrected chi connectivity index (χ4v) is 4.07. The summed E-state index contributed by atoms with van der Waals surface area (Å²) in [5.41, 5.74) is 1.44. The molecule has 172 valence electrons. The Hall–Kier alpha value is -4.32. The predicted molar refractivity (Wildman–Crippen MR) is 133 cm³/mol. The van der Waals surface area contributed by atoms with E-state index in [0.717, 1.165) is 27.8 Å². The minimum atomic E-state index is -0.994. The van der Waals surface area contributed by atoms with E-state index in [1.54, 1.807) is 18.2 Å². The van der Waals surface area contributed by atoms with E-state index in [1.165, 1.54) is 0 Å². The SMILES string of the molecule is O=C(O)/C=C/CCC[C@@H](OC(=O)Nc1cccc2ccccc12)c1ccc(O)c2ccccc12. The number of carbonyl (C=O) groups excluding carboxylic acids is 1. The number of rotatable bonds is 8. The number of carboxylic acids is 1. The summed E-state index contributed by atoms with van der Waals surface area (Å²) in [4.78, 5) is 23.7. The van der Waals surface area contributed by atoms with Gasteiger partial charge in [-0.3, -0.25) is 5.32 Å². The zero-order chi connectivity index (χ0) is 23.9. The highest BCUT2D eigenvalue weighted by Crippen LogP contribution is 2.35. The highest BCUT2D eigenvalue weighted by molar-refractivity contribution is 6.00. The third-order valence-electron chi connectivity index (χ3n) is 5.65. The topological polar surface area (TPSA) is 95.9 Å². The Kier molecular flexibility index (Phi) is 7.08. The van der Waals surface area contributed by atoms with E-state index < -0.39 is 18.2 Å². The summed E-state index contributed by atoms with van der Waals surface area (Å²) < 4.78 is 5.89. The maximum atomic E-state index is 12.9. The summed E-state index contributed by atoms with van der Waals surface area (Å²) in [6, 6.07) is 24.2. The summed E-state index contributed by atoms with van der Waals surface area (Å²) in [5, 5.41) is 25.3. The molecule has 0 aliphatic carbocycles. The Morgan fingerprint density at radius 1 is 0.882 bits per heavy atom. The molecule has 4 rings (SSSR count). The number of hydrogen-bond donors (Lipinski definition) is 3. The van der Waals surface area contributed by atoms with Crippen LogP contribution in [0.1, 0.15) is 30.9 Å². The maximum absolute atomic E-state index is 12.9. The number of amides is 1. The van der Waals surface area contributed by atoms with Crippen molar-refractivity contribution in [2.75, 3.05) is 5.32 Å². The number of fused-ring (bicyclic) bond motifs is 2. The third kappa shape index (κ3) is 5.35. The van der Waals surface area contributed by atoms with Crippen molar-refractivity contribution >= 4 is 39.3 Å². The molecule has 3 N–H and O–H groups in total. The number of phenolic OH excluding ortho intramolecular Hbond substituents is 1. The number of phenols is 1. The van der Waals surface area contributed by atoms with Crippen LogP contribution < -0.4 is 5.32 Å². The zero-order valence-electron chi connectivity index (χ0n) is 18.5. The maximum Gasteiger partial charge on any atom is 0.412 e. The summed E-state index contributed by atoms with van der Waals surface area (Å²) in [7, 11) is 0. The van der Waals surface area contributed by atoms with E-state index >= 15 is 0 Å². The van der Waals surface area contributed by atoms with Gasteiger partial charge < -0.3 is 14.9 Å². The number of hydrogen-bond acceptors (Lipinski definition) is 4. The predicted octanol–water partition coefficient (Wildman–Crippen LogP) is 6.80. The molecule has 0 unspecified atom stereocenters. The Morgan fingerprint density at radius 2 is 1.59 bits per heavy atom. The number of allylic oxidation sites excluding steroid dienone is 1. The van der Waals surface area contributed by atoms with E-state index in [1.807, 2.05) is 66.7 Å². The Balaban J connectivity index is 1.58. The lowest BCUT2D eigenvalue weighted by Crippen LogP contribution is -2.18. The molecule has 0 bridgehead atoms. The second kappa shape index (κ2) is 10.5. The van der Waals surface area contributed by atoms with Gasteiger partial charge in [0.25, 0.3) is 0 Å². The Labute approximate surface area is 197 Å². The van der Waals surface area contributed by atoms with Gasteiger partial charge in [-0.25, -0.2) is 9.59 Å². The first kappa shape index (κ1) is 22.9. The van der Waals surface area contributed by atoms with Crippen molar-refractivity contribution < 1.29 is 24.5 Å². The molecule has 4 aromatic carbocycles. The van der Waals surface area contributed by atoms with Crippen molar-refractivity contribution in [1.29, 1.82) is 0 Å². The number of benzene rings is 4. The van der Waals surface area contributed by atoms with Gasteiger partial charge in [0.15, 0.2) is 0 Å². The fraction of sp³-hybridized carbons (Fsp3) is 0.143. The van der Waals surface area contributed by atoms with Gasteiger partial charge in [0.1, 0.15) is 11.9 Å². The normalized spacial score (nSPS) is 12.1. The molecule has 0 radical (unpaired) electrons. The molecular weight excluding hydrogens is 430 g/mol. The van der Waals surface area contributed by atoms with Crippen LogP contribution in [0.2, 0.25) is 0 Å². The van der Waals surface area contributed by atoms with Crippen molar-refractivity contribution in [1.82, 2.24) is 0 Å². The number of unbranched alkanes of at least 4 members (excludes halogenated alkanes) is 1. The number of aromatic hydroxyl groups is 1. The first-order valence-corrected chi connectivity index (χ1v) is 11.1. The average molecular weight is 456 g/mol. The summed E-state index contributed by atoms with van der Waals surface area (Å²) in [5.74, 6) is -0.838. The molecule has 0 aliphatic heterocycles. The lowest BCUT2D eigenvalue weighted by Gasteiger charge is -2.21. The molecule has 34 heavy (non-hydrogen) atoms. The van der Waals surface area contributed by atoms with Crippen LogP contribution in [0.25, 0.3) is 21.5 Å². The standard InChI is InChI=1S/C28H25NO5/c30-25-18-17-23(21-12-6-7-13-22(21)25)26(15-2-1-3-16-27(31)32)34-28(33)29-24-14-8-10-19-9-4-5-11-20(19)24/h3-14,16-18,26,30H,1-2,15H2,(H,29,33)(H,31,32)/b16-3+/t26-/m1/s1. The Bertz CT molecular complexity index is 1360. The number of ether oxygens (including phenoxy) is 1. The molecule has 1 atom stereocenters. The smallest absolute Gasteiger partial charge is 0.412 e. The van der Waals surface area contributed by atoms with E-state index in [4.69, 9.17) is 9.84 Å². The van der Waals surface area contributed by atoms with E-state index in [-0.39, 0.29) is 5.75 Å². The molecule has 6 nitrogen and oxygen atoms in total. The third-order valence-corrected chi connectivity index (χ3v) is 5.65. The molecule has 1 amide bonds. The molecule has 4 aromatic rings. The molecule has 0 aromatic heterocycles. The lowest BCUT2D eigenvalue weighted by molar-refractivity contribution is -0.131. The minimum absolute atomic E-state index is 0.155. The number of anilines is 1. The molecule has 0 saturated carbocycles. The molecular formula is C28H25NO5. The number of carbonyl (C=O) groups is 2. The molecule has 6 heteroatoms. The molecule has 0 spiro atoms. The van der Waals surface area contributed by atoms with Crippen molar-refractivity contribution in [2.24, 2.45) is 0 Å². The molecule has 0 fully saturated rings. The van der Waals surface area contributed by atoms with Crippen LogP contribution in [-0.2, 0) is 9.53 Å². The van der Waals surface area contributed by atoms with Crippen LogP contribution in [0.3, 0.4) is 0 Å². The second-order valence-corrected chi connectivity index (χ2v) is 7.94. The van der Waals surface area contributed by atoms with E-state index in [0.29, 0.717) is 30.3 Å². The minimum Gasteiger partial charge on any atom is -0.507 e. The molecule has 0 saturated heterocycles. The monoisotopic (exact) mass is 455 g/mol. The van der Waals surface area contributed by atoms with Gasteiger partial charge in [-0.2, -0.15) is 0 Å². The summed E-state index contributed by atoms with van der Waals surface area (Å²) >= 11 is 0. The van der Waals surface area contributed by atoms with Crippen molar-refractivity contribution in [3.63, 3.8) is 0 Å². The summed E-state index contributed by atoms with van der Waals surface area (Å²) in [6.45, 7) is 0. The van der Waals surface area contributed by atoms with Gasteiger partial charge >= 0.3 is 12.1 Å². The van der Waals surface area contributed by atoms with Crippen LogP contribution in [-0.4, -0.2) is 22.3 Å². The van der Waals surface area contributed by atoms with E-state index in [2.05, 4.69) is 5.32 Å². The van der Waals surface area contributed by atoms with Crippen molar-refractivity contribution in [3.8, 4) is 5.75 Å². The van der Waals surface area contributed by atoms with Crippen LogP contribution in [0, 0.1) is 0 Å². The van der Waals surface area contributed by atoms with Gasteiger partial charge in [-0.1, -0.05) is 72.8 Å². The fourth-order valence-electron chi connectivity index (χ4n) is 4.07. The summed E-state index contributed by atoms with van der Waals surface area (Å²) in [6.07, 6.45) is 3.17. The lowest BCUT2D eigenvalue weighted by atomic mass is 9.96. The number of nitrogens with one attached hydrogen (secondary N) is 1. The average Bonchev–Trinajstić information content (AvgIpc) is 2.84. The number of carboxylic acid groups (broad SMARTS) is 1. The van der Waals surface area contributed by atoms with Crippen molar-refractivity contribution in [2.45, 2.75) is 25.4 Å². The second-order valence-electron chi connectivity index (χ2n) is 7.94. The highest BCUT2D eigenvalue weighted by atomic mass is 16.6. The first-order valence-electron chi connectivity index (χ1n) is 11.1. The first-order chi connectivity index (χ1) is 16.5. The van der Waals surface area contributed by atoms with Gasteiger partial charge in [-0.15, -0.1) is 0 Å². The van der Waals surface area contributed by atoms with Gasteiger partial charge in [0.05, 0.1) is 5.69 Å². The van der Waals surface area contributed by atoms with Crippen LogP contribution in [0.15, 0.2) is 91.0 Å². The van der Waals surface area contributed by atoms with Gasteiger partial charge in [-0.05, 0) is 42.2 Å². The Morgan fingerprint density at radius 3 is 2.38 bits per heavy atom.